The molecule has 0 saturated carbocycles. The minimum Gasteiger partial charge on any atom is -0.406 e. The number of carbonyl (C=O) groups is 2. The predicted octanol–water partition coefficient (Wildman–Crippen LogP) is 5.82. The summed E-state index contributed by atoms with van der Waals surface area (Å²) < 4.78 is 40.8. The molecule has 10 heteroatoms. The number of amides is 2. The summed E-state index contributed by atoms with van der Waals surface area (Å²) in [5.41, 5.74) is 0.129. The fourth-order valence-corrected chi connectivity index (χ4v) is 3.34. The SMILES string of the molecule is CCN(C(=O)c1c(Cl)cccc1Cl)N(C(=O)c1ccc(OC(F)(F)F)cc1)C(C)C. The van der Waals surface area contributed by atoms with Gasteiger partial charge in [0.1, 0.15) is 5.75 Å². The Balaban J connectivity index is 2.37. The highest BCUT2D eigenvalue weighted by atomic mass is 35.5. The number of benzene rings is 2. The van der Waals surface area contributed by atoms with Gasteiger partial charge in [0.15, 0.2) is 0 Å². The number of nitrogens with zero attached hydrogens (tertiary/aromatic N) is 2. The summed E-state index contributed by atoms with van der Waals surface area (Å²) in [5, 5.41) is 2.67. The molecule has 0 unspecified atom stereocenters. The number of hydrogen-bond acceptors (Lipinski definition) is 3. The third kappa shape index (κ3) is 5.58. The van der Waals surface area contributed by atoms with Crippen molar-refractivity contribution in [2.75, 3.05) is 6.54 Å². The fourth-order valence-electron chi connectivity index (χ4n) is 2.78. The largest absolute Gasteiger partial charge is 0.573 e. The lowest BCUT2D eigenvalue weighted by Crippen LogP contribution is -2.53. The fraction of sp³-hybridized carbons (Fsp3) is 0.300. The van der Waals surface area contributed by atoms with Crippen molar-refractivity contribution in [1.29, 1.82) is 0 Å². The predicted molar refractivity (Wildman–Crippen MR) is 108 cm³/mol. The first-order chi connectivity index (χ1) is 14.0. The van der Waals surface area contributed by atoms with Gasteiger partial charge in [-0.2, -0.15) is 0 Å². The summed E-state index contributed by atoms with van der Waals surface area (Å²) in [4.78, 5) is 26.2. The first-order valence-corrected chi connectivity index (χ1v) is 9.67. The summed E-state index contributed by atoms with van der Waals surface area (Å²) in [7, 11) is 0. The molecule has 30 heavy (non-hydrogen) atoms. The standard InChI is InChI=1S/C20H19Cl2F3N2O3/c1-4-26(19(29)17-15(21)6-5-7-16(17)22)27(12(2)3)18(28)13-8-10-14(11-9-13)30-20(23,24)25/h5-12H,4H2,1-3H3. The van der Waals surface area contributed by atoms with Crippen LogP contribution < -0.4 is 4.74 Å². The molecule has 0 aliphatic carbocycles. The van der Waals surface area contributed by atoms with Crippen LogP contribution in [0.1, 0.15) is 41.5 Å². The Morgan fingerprint density at radius 2 is 1.53 bits per heavy atom. The van der Waals surface area contributed by atoms with Gasteiger partial charge in [0.2, 0.25) is 0 Å². The molecule has 0 atom stereocenters. The van der Waals surface area contributed by atoms with E-state index < -0.39 is 30.0 Å². The highest BCUT2D eigenvalue weighted by molar-refractivity contribution is 6.39. The van der Waals surface area contributed by atoms with Crippen LogP contribution >= 0.6 is 23.2 Å². The van der Waals surface area contributed by atoms with Crippen LogP contribution in [-0.4, -0.2) is 40.8 Å². The van der Waals surface area contributed by atoms with Gasteiger partial charge in [0.25, 0.3) is 11.8 Å². The zero-order valence-corrected chi connectivity index (χ0v) is 17.8. The van der Waals surface area contributed by atoms with Gasteiger partial charge in [0.05, 0.1) is 15.6 Å². The zero-order valence-electron chi connectivity index (χ0n) is 16.3. The van der Waals surface area contributed by atoms with Crippen LogP contribution in [0.3, 0.4) is 0 Å². The molecule has 5 nitrogen and oxygen atoms in total. The molecule has 162 valence electrons. The molecule has 0 spiro atoms. The molecule has 0 N–H and O–H groups in total. The van der Waals surface area contributed by atoms with Crippen LogP contribution in [0.4, 0.5) is 13.2 Å². The Labute approximate surface area is 181 Å². The third-order valence-corrected chi connectivity index (χ3v) is 4.63. The van der Waals surface area contributed by atoms with E-state index in [-0.39, 0.29) is 27.7 Å². The van der Waals surface area contributed by atoms with Crippen LogP contribution in [-0.2, 0) is 0 Å². The first-order valence-electron chi connectivity index (χ1n) is 8.91. The van der Waals surface area contributed by atoms with E-state index in [1.54, 1.807) is 26.8 Å². The van der Waals surface area contributed by atoms with E-state index in [0.717, 1.165) is 12.1 Å². The molecule has 0 radical (unpaired) electrons. The van der Waals surface area contributed by atoms with Crippen LogP contribution in [0.25, 0.3) is 0 Å². The van der Waals surface area contributed by atoms with E-state index in [0.29, 0.717) is 0 Å². The minimum absolute atomic E-state index is 0.0510. The lowest BCUT2D eigenvalue weighted by Gasteiger charge is -2.37. The van der Waals surface area contributed by atoms with Gasteiger partial charge in [-0.05, 0) is 57.2 Å². The van der Waals surface area contributed by atoms with E-state index in [2.05, 4.69) is 4.74 Å². The Kier molecular flexibility index (Phi) is 7.60. The highest BCUT2D eigenvalue weighted by Gasteiger charge is 2.33. The first kappa shape index (κ1) is 23.8. The quantitative estimate of drug-likeness (QED) is 0.526. The molecule has 0 aliphatic rings. The molecule has 0 heterocycles. The molecule has 2 aromatic carbocycles. The molecular weight excluding hydrogens is 444 g/mol. The van der Waals surface area contributed by atoms with E-state index >= 15 is 0 Å². The molecular formula is C20H19Cl2F3N2O3. The van der Waals surface area contributed by atoms with Crippen molar-refractivity contribution in [3.8, 4) is 5.75 Å². The van der Waals surface area contributed by atoms with Crippen molar-refractivity contribution in [2.45, 2.75) is 33.2 Å². The lowest BCUT2D eigenvalue weighted by atomic mass is 10.1. The van der Waals surface area contributed by atoms with E-state index in [1.807, 2.05) is 0 Å². The van der Waals surface area contributed by atoms with E-state index in [9.17, 15) is 22.8 Å². The Bertz CT molecular complexity index is 898. The van der Waals surface area contributed by atoms with Crippen molar-refractivity contribution in [3.05, 3.63) is 63.6 Å². The molecule has 0 bridgehead atoms. The van der Waals surface area contributed by atoms with Crippen LogP contribution in [0.5, 0.6) is 5.75 Å². The third-order valence-electron chi connectivity index (χ3n) is 4.00. The second kappa shape index (κ2) is 9.57. The maximum absolute atomic E-state index is 13.1. The van der Waals surface area contributed by atoms with Gasteiger partial charge >= 0.3 is 6.36 Å². The molecule has 0 fully saturated rings. The highest BCUT2D eigenvalue weighted by Crippen LogP contribution is 2.28. The molecule has 0 saturated heterocycles. The Morgan fingerprint density at radius 1 is 1.00 bits per heavy atom. The van der Waals surface area contributed by atoms with Gasteiger partial charge in [-0.25, -0.2) is 10.0 Å². The number of carbonyl (C=O) groups excluding carboxylic acids is 2. The summed E-state index contributed by atoms with van der Waals surface area (Å²) >= 11 is 12.3. The van der Waals surface area contributed by atoms with Gasteiger partial charge in [-0.3, -0.25) is 9.59 Å². The second-order valence-corrected chi connectivity index (χ2v) is 7.25. The maximum Gasteiger partial charge on any atom is 0.573 e. The number of ether oxygens (including phenoxy) is 1. The van der Waals surface area contributed by atoms with Gasteiger partial charge in [-0.1, -0.05) is 29.3 Å². The number of alkyl halides is 3. The van der Waals surface area contributed by atoms with Crippen LogP contribution in [0.15, 0.2) is 42.5 Å². The number of hydrazine groups is 1. The van der Waals surface area contributed by atoms with Crippen molar-refractivity contribution in [1.82, 2.24) is 10.0 Å². The van der Waals surface area contributed by atoms with E-state index in [4.69, 9.17) is 23.2 Å². The summed E-state index contributed by atoms with van der Waals surface area (Å²) in [6, 6.07) is 8.61. The summed E-state index contributed by atoms with van der Waals surface area (Å²) in [6.45, 7) is 5.19. The lowest BCUT2D eigenvalue weighted by molar-refractivity contribution is -0.274. The molecule has 0 aromatic heterocycles. The molecule has 2 amide bonds. The molecule has 2 aromatic rings. The van der Waals surface area contributed by atoms with E-state index in [1.165, 1.54) is 34.3 Å². The number of hydrogen-bond donors (Lipinski definition) is 0. The van der Waals surface area contributed by atoms with Crippen molar-refractivity contribution < 1.29 is 27.5 Å². The minimum atomic E-state index is -4.84. The summed E-state index contributed by atoms with van der Waals surface area (Å²) in [5.74, 6) is -1.62. The van der Waals surface area contributed by atoms with Crippen LogP contribution in [0.2, 0.25) is 10.0 Å². The van der Waals surface area contributed by atoms with Crippen molar-refractivity contribution in [3.63, 3.8) is 0 Å². The maximum atomic E-state index is 13.1. The molecule has 0 aliphatic heterocycles. The smallest absolute Gasteiger partial charge is 0.406 e. The monoisotopic (exact) mass is 462 g/mol. The van der Waals surface area contributed by atoms with Gasteiger partial charge in [-0.15, -0.1) is 13.2 Å². The van der Waals surface area contributed by atoms with Crippen LogP contribution in [0, 0.1) is 0 Å². The summed E-state index contributed by atoms with van der Waals surface area (Å²) in [6.07, 6.45) is -4.84. The van der Waals surface area contributed by atoms with Gasteiger partial charge in [0, 0.05) is 18.2 Å². The average molecular weight is 463 g/mol. The zero-order chi connectivity index (χ0) is 22.6. The number of rotatable bonds is 5. The van der Waals surface area contributed by atoms with Crippen molar-refractivity contribution >= 4 is 35.0 Å². The van der Waals surface area contributed by atoms with Crippen molar-refractivity contribution in [2.24, 2.45) is 0 Å². The topological polar surface area (TPSA) is 49.9 Å². The second-order valence-electron chi connectivity index (χ2n) is 6.43. The average Bonchev–Trinajstić information content (AvgIpc) is 2.64. The Hall–Kier alpha value is -2.45. The normalized spacial score (nSPS) is 11.4. The molecule has 2 rings (SSSR count). The Morgan fingerprint density at radius 3 is 1.97 bits per heavy atom. The number of halogens is 5. The van der Waals surface area contributed by atoms with Gasteiger partial charge < -0.3 is 4.74 Å².